The Bertz CT molecular complexity index is 705. The van der Waals surface area contributed by atoms with E-state index >= 15 is 0 Å². The number of hydrogen-bond donors (Lipinski definition) is 1. The summed E-state index contributed by atoms with van der Waals surface area (Å²) in [6.07, 6.45) is 5.00. The zero-order valence-electron chi connectivity index (χ0n) is 12.2. The molecule has 1 fully saturated rings. The molecule has 0 bridgehead atoms. The molecule has 6 heteroatoms. The number of nitrogens with one attached hydrogen (secondary N) is 1. The quantitative estimate of drug-likeness (QED) is 0.916. The van der Waals surface area contributed by atoms with Gasteiger partial charge in [-0.25, -0.2) is 13.1 Å². The van der Waals surface area contributed by atoms with E-state index < -0.39 is 10.0 Å². The summed E-state index contributed by atoms with van der Waals surface area (Å²) >= 11 is 0. The van der Waals surface area contributed by atoms with Gasteiger partial charge in [0.15, 0.2) is 0 Å². The fourth-order valence-corrected chi connectivity index (χ4v) is 3.84. The molecule has 3 rings (SSSR count). The number of nitrogens with zero attached hydrogens (tertiary/aromatic N) is 2. The van der Waals surface area contributed by atoms with Crippen molar-refractivity contribution in [3.63, 3.8) is 0 Å². The van der Waals surface area contributed by atoms with Gasteiger partial charge < -0.3 is 4.90 Å². The van der Waals surface area contributed by atoms with Crippen molar-refractivity contribution in [2.75, 3.05) is 18.0 Å². The zero-order valence-corrected chi connectivity index (χ0v) is 13.0. The normalized spacial score (nSPS) is 18.5. The third kappa shape index (κ3) is 3.28. The van der Waals surface area contributed by atoms with E-state index in [0.29, 0.717) is 6.54 Å². The van der Waals surface area contributed by atoms with Gasteiger partial charge in [-0.15, -0.1) is 0 Å². The third-order valence-corrected chi connectivity index (χ3v) is 5.33. The average Bonchev–Trinajstić information content (AvgIpc) is 3.03. The van der Waals surface area contributed by atoms with Crippen molar-refractivity contribution < 1.29 is 8.42 Å². The van der Waals surface area contributed by atoms with E-state index in [4.69, 9.17) is 0 Å². The van der Waals surface area contributed by atoms with Gasteiger partial charge in [0, 0.05) is 37.2 Å². The van der Waals surface area contributed by atoms with Crippen molar-refractivity contribution in [2.24, 2.45) is 0 Å². The van der Waals surface area contributed by atoms with Crippen LogP contribution in [0.3, 0.4) is 0 Å². The minimum Gasteiger partial charge on any atom is -0.367 e. The van der Waals surface area contributed by atoms with E-state index in [1.165, 1.54) is 6.20 Å². The molecule has 1 aromatic heterocycles. The molecule has 1 atom stereocenters. The van der Waals surface area contributed by atoms with Crippen LogP contribution < -0.4 is 9.62 Å². The lowest BCUT2D eigenvalue weighted by Crippen LogP contribution is -2.40. The molecule has 1 aliphatic heterocycles. The van der Waals surface area contributed by atoms with Gasteiger partial charge in [0.25, 0.3) is 0 Å². The molecule has 0 saturated carbocycles. The molecule has 22 heavy (non-hydrogen) atoms. The number of aromatic nitrogens is 1. The maximum absolute atomic E-state index is 12.3. The molecular weight excluding hydrogens is 298 g/mol. The van der Waals surface area contributed by atoms with Crippen molar-refractivity contribution in [1.82, 2.24) is 9.71 Å². The molecule has 0 radical (unpaired) electrons. The topological polar surface area (TPSA) is 62.3 Å². The van der Waals surface area contributed by atoms with Crippen LogP contribution in [0.15, 0.2) is 59.8 Å². The molecule has 116 valence electrons. The Morgan fingerprint density at radius 1 is 1.18 bits per heavy atom. The second-order valence-electron chi connectivity index (χ2n) is 5.37. The summed E-state index contributed by atoms with van der Waals surface area (Å²) < 4.78 is 27.2. The van der Waals surface area contributed by atoms with Crippen LogP contribution >= 0.6 is 0 Å². The Kier molecular flexibility index (Phi) is 4.40. The number of pyridine rings is 1. The van der Waals surface area contributed by atoms with Crippen LogP contribution in [0.1, 0.15) is 12.8 Å². The fraction of sp³-hybridized carbons (Fsp3) is 0.312. The Hall–Kier alpha value is -1.92. The first-order valence-corrected chi connectivity index (χ1v) is 8.86. The van der Waals surface area contributed by atoms with Gasteiger partial charge in [-0.05, 0) is 37.1 Å². The molecule has 0 aliphatic carbocycles. The molecule has 1 unspecified atom stereocenters. The van der Waals surface area contributed by atoms with Crippen LogP contribution in [0.5, 0.6) is 0 Å². The molecule has 2 aromatic rings. The molecule has 1 aromatic carbocycles. The lowest BCUT2D eigenvalue weighted by Gasteiger charge is -2.27. The minimum absolute atomic E-state index is 0.189. The molecule has 0 amide bonds. The smallest absolute Gasteiger partial charge is 0.242 e. The van der Waals surface area contributed by atoms with Gasteiger partial charge in [-0.2, -0.15) is 0 Å². The number of sulfonamides is 1. The molecule has 2 heterocycles. The van der Waals surface area contributed by atoms with E-state index in [1.54, 1.807) is 18.3 Å². The minimum atomic E-state index is -3.49. The van der Waals surface area contributed by atoms with Crippen LogP contribution in [0.2, 0.25) is 0 Å². The third-order valence-electron chi connectivity index (χ3n) is 3.92. The summed E-state index contributed by atoms with van der Waals surface area (Å²) in [7, 11) is -3.49. The molecule has 0 spiro atoms. The van der Waals surface area contributed by atoms with Crippen LogP contribution in [-0.2, 0) is 10.0 Å². The lowest BCUT2D eigenvalue weighted by atomic mass is 10.2. The number of benzene rings is 1. The summed E-state index contributed by atoms with van der Waals surface area (Å²) in [6, 6.07) is 13.5. The van der Waals surface area contributed by atoms with Gasteiger partial charge in [0.1, 0.15) is 4.90 Å². The van der Waals surface area contributed by atoms with E-state index in [2.05, 4.69) is 26.7 Å². The van der Waals surface area contributed by atoms with E-state index in [1.807, 2.05) is 18.2 Å². The highest BCUT2D eigenvalue weighted by molar-refractivity contribution is 7.89. The van der Waals surface area contributed by atoms with E-state index in [9.17, 15) is 8.42 Å². The maximum atomic E-state index is 12.3. The summed E-state index contributed by atoms with van der Waals surface area (Å²) in [4.78, 5) is 6.34. The first-order chi connectivity index (χ1) is 10.7. The Balaban J connectivity index is 1.68. The second kappa shape index (κ2) is 6.46. The predicted molar refractivity (Wildman–Crippen MR) is 86.2 cm³/mol. The standard InChI is InChI=1S/C16H19N3O2S/c20-22(21,16-9-4-10-17-13-16)18-12-15-8-5-11-19(15)14-6-2-1-3-7-14/h1-4,6-7,9-10,13,15,18H,5,8,11-12H2. The van der Waals surface area contributed by atoms with Crippen molar-refractivity contribution in [3.8, 4) is 0 Å². The van der Waals surface area contributed by atoms with E-state index in [0.717, 1.165) is 25.1 Å². The summed E-state index contributed by atoms with van der Waals surface area (Å²) in [5, 5.41) is 0. The molecule has 1 aliphatic rings. The SMILES string of the molecule is O=S(=O)(NCC1CCCN1c1ccccc1)c1cccnc1. The van der Waals surface area contributed by atoms with Crippen molar-refractivity contribution >= 4 is 15.7 Å². The molecule has 5 nitrogen and oxygen atoms in total. The highest BCUT2D eigenvalue weighted by Crippen LogP contribution is 2.25. The summed E-state index contributed by atoms with van der Waals surface area (Å²) in [5.41, 5.74) is 1.14. The van der Waals surface area contributed by atoms with Crippen molar-refractivity contribution in [2.45, 2.75) is 23.8 Å². The predicted octanol–water partition coefficient (Wildman–Crippen LogP) is 2.03. The van der Waals surface area contributed by atoms with Crippen molar-refractivity contribution in [3.05, 3.63) is 54.9 Å². The Morgan fingerprint density at radius 3 is 2.73 bits per heavy atom. The highest BCUT2D eigenvalue weighted by Gasteiger charge is 2.26. The number of anilines is 1. The maximum Gasteiger partial charge on any atom is 0.242 e. The summed E-state index contributed by atoms with van der Waals surface area (Å²) in [6.45, 7) is 1.37. The van der Waals surface area contributed by atoms with Crippen LogP contribution in [0.25, 0.3) is 0 Å². The van der Waals surface area contributed by atoms with Crippen molar-refractivity contribution in [1.29, 1.82) is 0 Å². The van der Waals surface area contributed by atoms with Gasteiger partial charge in [-0.3, -0.25) is 4.98 Å². The highest BCUT2D eigenvalue weighted by atomic mass is 32.2. The number of hydrogen-bond acceptors (Lipinski definition) is 4. The van der Waals surface area contributed by atoms with Crippen LogP contribution in [-0.4, -0.2) is 32.5 Å². The second-order valence-corrected chi connectivity index (χ2v) is 7.13. The first kappa shape index (κ1) is 15.0. The average molecular weight is 317 g/mol. The van der Waals surface area contributed by atoms with Gasteiger partial charge in [-0.1, -0.05) is 18.2 Å². The lowest BCUT2D eigenvalue weighted by molar-refractivity contribution is 0.567. The molecule has 1 saturated heterocycles. The molecular formula is C16H19N3O2S. The van der Waals surface area contributed by atoms with E-state index in [-0.39, 0.29) is 10.9 Å². The number of rotatable bonds is 5. The Labute approximate surface area is 131 Å². The van der Waals surface area contributed by atoms with Crippen LogP contribution in [0, 0.1) is 0 Å². The van der Waals surface area contributed by atoms with Gasteiger partial charge in [0.05, 0.1) is 0 Å². The van der Waals surface area contributed by atoms with Crippen LogP contribution in [0.4, 0.5) is 5.69 Å². The Morgan fingerprint density at radius 2 is 2.00 bits per heavy atom. The molecule has 1 N–H and O–H groups in total. The fourth-order valence-electron chi connectivity index (χ4n) is 2.80. The van der Waals surface area contributed by atoms with Gasteiger partial charge >= 0.3 is 0 Å². The largest absolute Gasteiger partial charge is 0.367 e. The first-order valence-electron chi connectivity index (χ1n) is 7.38. The zero-order chi connectivity index (χ0) is 15.4. The summed E-state index contributed by atoms with van der Waals surface area (Å²) in [5.74, 6) is 0. The monoisotopic (exact) mass is 317 g/mol. The number of para-hydroxylation sites is 1. The van der Waals surface area contributed by atoms with Gasteiger partial charge in [0.2, 0.25) is 10.0 Å².